The summed E-state index contributed by atoms with van der Waals surface area (Å²) >= 11 is 1.42. The van der Waals surface area contributed by atoms with Gasteiger partial charge in [0.1, 0.15) is 17.8 Å². The summed E-state index contributed by atoms with van der Waals surface area (Å²) in [7, 11) is 2.00. The van der Waals surface area contributed by atoms with E-state index in [2.05, 4.69) is 33.5 Å². The van der Waals surface area contributed by atoms with Gasteiger partial charge in [-0.3, -0.25) is 0 Å². The van der Waals surface area contributed by atoms with Gasteiger partial charge in [-0.05, 0) is 12.8 Å². The molecule has 0 spiro atoms. The van der Waals surface area contributed by atoms with Gasteiger partial charge in [-0.25, -0.2) is 9.97 Å². The maximum Gasteiger partial charge on any atom is 0.202 e. The van der Waals surface area contributed by atoms with Crippen LogP contribution in [0.4, 0.5) is 5.13 Å². The maximum absolute atomic E-state index is 5.95. The van der Waals surface area contributed by atoms with Crippen molar-refractivity contribution in [3.63, 3.8) is 0 Å². The van der Waals surface area contributed by atoms with Crippen molar-refractivity contribution < 1.29 is 4.74 Å². The second kappa shape index (κ2) is 6.11. The SMILES string of the molecule is CC(C)c1nsc(N[C@H]2CCCO[C@@H]2c2nccn2C)n1. The highest BCUT2D eigenvalue weighted by Crippen LogP contribution is 2.30. The van der Waals surface area contributed by atoms with Crippen LogP contribution < -0.4 is 5.32 Å². The summed E-state index contributed by atoms with van der Waals surface area (Å²) in [6.45, 7) is 4.99. The fourth-order valence-corrected chi connectivity index (χ4v) is 3.29. The van der Waals surface area contributed by atoms with Gasteiger partial charge < -0.3 is 14.6 Å². The molecular formula is C14H21N5OS. The highest BCUT2D eigenvalue weighted by Gasteiger charge is 2.31. The first kappa shape index (κ1) is 14.5. The van der Waals surface area contributed by atoms with E-state index >= 15 is 0 Å². The van der Waals surface area contributed by atoms with Crippen LogP contribution in [0.3, 0.4) is 0 Å². The van der Waals surface area contributed by atoms with Crippen LogP contribution in [0.5, 0.6) is 0 Å². The molecule has 1 saturated heterocycles. The first-order chi connectivity index (χ1) is 10.1. The molecule has 0 bridgehead atoms. The lowest BCUT2D eigenvalue weighted by atomic mass is 10.0. The summed E-state index contributed by atoms with van der Waals surface area (Å²) in [5.74, 6) is 2.21. The molecule has 3 heterocycles. The second-order valence-corrected chi connectivity index (χ2v) is 6.45. The number of rotatable bonds is 4. The van der Waals surface area contributed by atoms with E-state index in [9.17, 15) is 0 Å². The van der Waals surface area contributed by atoms with Crippen molar-refractivity contribution in [2.75, 3.05) is 11.9 Å². The Hall–Kier alpha value is -1.47. The molecule has 2 aromatic rings. The van der Waals surface area contributed by atoms with E-state index in [4.69, 9.17) is 4.74 Å². The first-order valence-electron chi connectivity index (χ1n) is 7.34. The third-order valence-electron chi connectivity index (χ3n) is 3.70. The van der Waals surface area contributed by atoms with Crippen molar-refractivity contribution in [2.24, 2.45) is 7.05 Å². The number of hydrogen-bond acceptors (Lipinski definition) is 6. The molecular weight excluding hydrogens is 286 g/mol. The lowest BCUT2D eigenvalue weighted by molar-refractivity contribution is -0.00127. The average molecular weight is 307 g/mol. The molecule has 0 amide bonds. The predicted molar refractivity (Wildman–Crippen MR) is 82.5 cm³/mol. The molecule has 1 N–H and O–H groups in total. The quantitative estimate of drug-likeness (QED) is 0.941. The Morgan fingerprint density at radius 3 is 3.00 bits per heavy atom. The molecule has 0 aromatic carbocycles. The molecule has 1 fully saturated rings. The van der Waals surface area contributed by atoms with E-state index in [0.717, 1.165) is 36.2 Å². The van der Waals surface area contributed by atoms with Gasteiger partial charge in [0.25, 0.3) is 0 Å². The fraction of sp³-hybridized carbons (Fsp3) is 0.643. The molecule has 1 aliphatic heterocycles. The smallest absolute Gasteiger partial charge is 0.202 e. The van der Waals surface area contributed by atoms with Crippen molar-refractivity contribution >= 4 is 16.7 Å². The zero-order valence-electron chi connectivity index (χ0n) is 12.6. The molecule has 7 heteroatoms. The van der Waals surface area contributed by atoms with Crippen molar-refractivity contribution in [1.29, 1.82) is 0 Å². The van der Waals surface area contributed by atoms with Crippen LogP contribution in [0.15, 0.2) is 12.4 Å². The van der Waals surface area contributed by atoms with E-state index < -0.39 is 0 Å². The number of imidazole rings is 1. The Labute approximate surface area is 128 Å². The number of ether oxygens (including phenoxy) is 1. The average Bonchev–Trinajstić information content (AvgIpc) is 3.09. The molecule has 21 heavy (non-hydrogen) atoms. The molecule has 3 rings (SSSR count). The van der Waals surface area contributed by atoms with Gasteiger partial charge in [0.15, 0.2) is 0 Å². The van der Waals surface area contributed by atoms with E-state index in [-0.39, 0.29) is 12.1 Å². The van der Waals surface area contributed by atoms with Crippen molar-refractivity contribution in [3.8, 4) is 0 Å². The van der Waals surface area contributed by atoms with Crippen LogP contribution >= 0.6 is 11.5 Å². The number of nitrogens with zero attached hydrogens (tertiary/aromatic N) is 4. The minimum absolute atomic E-state index is 0.0369. The van der Waals surface area contributed by atoms with Gasteiger partial charge >= 0.3 is 0 Å². The number of anilines is 1. The Morgan fingerprint density at radius 2 is 2.33 bits per heavy atom. The third-order valence-corrected chi connectivity index (χ3v) is 4.36. The summed E-state index contributed by atoms with van der Waals surface area (Å²) in [4.78, 5) is 8.99. The minimum atomic E-state index is -0.0369. The summed E-state index contributed by atoms with van der Waals surface area (Å²) in [6.07, 6.45) is 5.83. The Balaban J connectivity index is 1.76. The highest BCUT2D eigenvalue weighted by molar-refractivity contribution is 7.09. The monoisotopic (exact) mass is 307 g/mol. The zero-order valence-corrected chi connectivity index (χ0v) is 13.4. The van der Waals surface area contributed by atoms with E-state index in [1.165, 1.54) is 11.5 Å². The highest BCUT2D eigenvalue weighted by atomic mass is 32.1. The molecule has 114 valence electrons. The molecule has 0 unspecified atom stereocenters. The summed E-state index contributed by atoms with van der Waals surface area (Å²) in [6, 6.07) is 0.188. The Morgan fingerprint density at radius 1 is 1.48 bits per heavy atom. The zero-order chi connectivity index (χ0) is 14.8. The van der Waals surface area contributed by atoms with Crippen LogP contribution in [-0.4, -0.2) is 31.6 Å². The van der Waals surface area contributed by atoms with Crippen LogP contribution in [0.25, 0.3) is 0 Å². The lowest BCUT2D eigenvalue weighted by Gasteiger charge is -2.31. The molecule has 6 nitrogen and oxygen atoms in total. The van der Waals surface area contributed by atoms with Gasteiger partial charge in [0.2, 0.25) is 5.13 Å². The molecule has 2 aromatic heterocycles. The van der Waals surface area contributed by atoms with Gasteiger partial charge in [-0.1, -0.05) is 13.8 Å². The molecule has 2 atom stereocenters. The number of hydrogen-bond donors (Lipinski definition) is 1. The summed E-state index contributed by atoms with van der Waals surface area (Å²) in [5, 5.41) is 4.36. The van der Waals surface area contributed by atoms with Crippen molar-refractivity contribution in [2.45, 2.75) is 44.8 Å². The van der Waals surface area contributed by atoms with Crippen LogP contribution in [0.2, 0.25) is 0 Å². The van der Waals surface area contributed by atoms with Gasteiger partial charge in [0, 0.05) is 43.5 Å². The molecule has 0 aliphatic carbocycles. The lowest BCUT2D eigenvalue weighted by Crippen LogP contribution is -2.35. The van der Waals surface area contributed by atoms with E-state index in [1.807, 2.05) is 24.0 Å². The topological polar surface area (TPSA) is 64.9 Å². The summed E-state index contributed by atoms with van der Waals surface area (Å²) in [5.41, 5.74) is 0. The summed E-state index contributed by atoms with van der Waals surface area (Å²) < 4.78 is 12.4. The second-order valence-electron chi connectivity index (χ2n) is 5.69. The molecule has 0 saturated carbocycles. The van der Waals surface area contributed by atoms with Gasteiger partial charge in [-0.2, -0.15) is 4.37 Å². The number of aryl methyl sites for hydroxylation is 1. The number of aromatic nitrogens is 4. The number of nitrogens with one attached hydrogen (secondary N) is 1. The van der Waals surface area contributed by atoms with Crippen molar-refractivity contribution in [1.82, 2.24) is 18.9 Å². The Kier molecular flexibility index (Phi) is 4.21. The normalized spacial score (nSPS) is 22.7. The van der Waals surface area contributed by atoms with Gasteiger partial charge in [-0.15, -0.1) is 0 Å². The first-order valence-corrected chi connectivity index (χ1v) is 8.11. The fourth-order valence-electron chi connectivity index (χ4n) is 2.52. The van der Waals surface area contributed by atoms with Gasteiger partial charge in [0.05, 0.1) is 6.04 Å². The van der Waals surface area contributed by atoms with E-state index in [1.54, 1.807) is 0 Å². The molecule has 1 aliphatic rings. The minimum Gasteiger partial charge on any atom is -0.368 e. The standard InChI is InChI=1S/C14H21N5OS/c1-9(2)12-17-14(21-18-12)16-10-5-4-8-20-11(10)13-15-6-7-19(13)3/h6-7,9-11H,4-5,8H2,1-3H3,(H,16,17,18)/t10-,11-/m0/s1. The largest absolute Gasteiger partial charge is 0.368 e. The van der Waals surface area contributed by atoms with Crippen molar-refractivity contribution in [3.05, 3.63) is 24.0 Å². The van der Waals surface area contributed by atoms with E-state index in [0.29, 0.717) is 5.92 Å². The third kappa shape index (κ3) is 3.08. The molecule has 0 radical (unpaired) electrons. The Bertz CT molecular complexity index is 594. The van der Waals surface area contributed by atoms with Crippen LogP contribution in [0.1, 0.15) is 50.4 Å². The maximum atomic E-state index is 5.95. The van der Waals surface area contributed by atoms with Crippen LogP contribution in [0, 0.1) is 0 Å². The predicted octanol–water partition coefficient (Wildman–Crippen LogP) is 2.73. The van der Waals surface area contributed by atoms with Crippen LogP contribution in [-0.2, 0) is 11.8 Å².